The van der Waals surface area contributed by atoms with Crippen LogP contribution in [0.1, 0.15) is 0 Å². The van der Waals surface area contributed by atoms with E-state index in [1.807, 2.05) is 24.3 Å². The highest BCUT2D eigenvalue weighted by Crippen LogP contribution is 2.17. The Morgan fingerprint density at radius 2 is 1.92 bits per heavy atom. The van der Waals surface area contributed by atoms with Gasteiger partial charge in [-0.15, -0.1) is 0 Å². The van der Waals surface area contributed by atoms with Crippen LogP contribution in [-0.4, -0.2) is 22.2 Å². The number of anilines is 1. The number of H-pyrrole nitrogens is 1. The van der Waals surface area contributed by atoms with Gasteiger partial charge in [0.05, 0.1) is 11.3 Å². The summed E-state index contributed by atoms with van der Waals surface area (Å²) in [7, 11) is -1.55. The zero-order valence-corrected chi connectivity index (χ0v) is 6.86. The van der Waals surface area contributed by atoms with E-state index in [4.69, 9.17) is 15.8 Å². The van der Waals surface area contributed by atoms with Crippen molar-refractivity contribution >= 4 is 29.3 Å². The average molecular weight is 176 g/mol. The lowest BCUT2D eigenvalue weighted by atomic mass is 9.85. The summed E-state index contributed by atoms with van der Waals surface area (Å²) in [4.78, 5) is 2.84. The van der Waals surface area contributed by atoms with E-state index in [0.29, 0.717) is 5.69 Å². The smallest absolute Gasteiger partial charge is 0.422 e. The van der Waals surface area contributed by atoms with E-state index >= 15 is 0 Å². The van der Waals surface area contributed by atoms with Crippen LogP contribution < -0.4 is 11.3 Å². The third-order valence-corrected chi connectivity index (χ3v) is 2.03. The van der Waals surface area contributed by atoms with E-state index in [-0.39, 0.29) is 5.59 Å². The number of fused-ring (bicyclic) bond motifs is 1. The molecule has 2 aromatic rings. The van der Waals surface area contributed by atoms with E-state index < -0.39 is 7.12 Å². The SMILES string of the molecule is Nc1c(B(O)O)[nH]c2ccccc12. The minimum atomic E-state index is -1.55. The number of nitrogens with two attached hydrogens (primary N) is 1. The number of rotatable bonds is 1. The molecule has 0 spiro atoms. The Kier molecular flexibility index (Phi) is 1.75. The minimum absolute atomic E-state index is 0.251. The van der Waals surface area contributed by atoms with Crippen molar-refractivity contribution in [1.82, 2.24) is 4.98 Å². The van der Waals surface area contributed by atoms with Crippen LogP contribution in [0, 0.1) is 0 Å². The van der Waals surface area contributed by atoms with Gasteiger partial charge in [0.25, 0.3) is 0 Å². The molecule has 1 aromatic carbocycles. The summed E-state index contributed by atoms with van der Waals surface area (Å²) in [6.45, 7) is 0. The Balaban J connectivity index is 2.74. The van der Waals surface area contributed by atoms with Crippen LogP contribution in [0.25, 0.3) is 10.9 Å². The molecule has 0 bridgehead atoms. The van der Waals surface area contributed by atoms with E-state index in [1.54, 1.807) is 0 Å². The molecule has 0 aliphatic heterocycles. The average Bonchev–Trinajstić information content (AvgIpc) is 2.45. The minimum Gasteiger partial charge on any atom is -0.422 e. The van der Waals surface area contributed by atoms with Gasteiger partial charge in [0.1, 0.15) is 0 Å². The normalized spacial score (nSPS) is 10.6. The van der Waals surface area contributed by atoms with Gasteiger partial charge in [-0.05, 0) is 6.07 Å². The molecule has 0 unspecified atom stereocenters. The Hall–Kier alpha value is -1.46. The topological polar surface area (TPSA) is 82.3 Å². The van der Waals surface area contributed by atoms with Crippen molar-refractivity contribution in [1.29, 1.82) is 0 Å². The maximum absolute atomic E-state index is 8.95. The number of hydrogen-bond donors (Lipinski definition) is 4. The molecule has 1 aromatic heterocycles. The highest BCUT2D eigenvalue weighted by molar-refractivity contribution is 6.60. The summed E-state index contributed by atoms with van der Waals surface area (Å²) in [5.74, 6) is 0. The lowest BCUT2D eigenvalue weighted by Crippen LogP contribution is -2.32. The van der Waals surface area contributed by atoms with Crippen LogP contribution in [0.2, 0.25) is 0 Å². The lowest BCUT2D eigenvalue weighted by molar-refractivity contribution is 0.425. The third-order valence-electron chi connectivity index (χ3n) is 2.03. The fraction of sp³-hybridized carbons (Fsp3) is 0. The van der Waals surface area contributed by atoms with Gasteiger partial charge in [0.2, 0.25) is 0 Å². The number of aromatic amines is 1. The van der Waals surface area contributed by atoms with Crippen molar-refractivity contribution in [3.8, 4) is 0 Å². The summed E-state index contributed by atoms with van der Waals surface area (Å²) >= 11 is 0. The number of aromatic nitrogens is 1. The van der Waals surface area contributed by atoms with E-state index in [0.717, 1.165) is 10.9 Å². The first kappa shape index (κ1) is 8.16. The molecule has 13 heavy (non-hydrogen) atoms. The van der Waals surface area contributed by atoms with Crippen molar-refractivity contribution in [2.45, 2.75) is 0 Å². The Labute approximate surface area is 75.1 Å². The van der Waals surface area contributed by atoms with Crippen LogP contribution in [0.15, 0.2) is 24.3 Å². The third kappa shape index (κ3) is 1.18. The van der Waals surface area contributed by atoms with Crippen LogP contribution in [-0.2, 0) is 0 Å². The Morgan fingerprint density at radius 1 is 1.23 bits per heavy atom. The molecule has 0 aliphatic rings. The second-order valence-electron chi connectivity index (χ2n) is 2.87. The van der Waals surface area contributed by atoms with E-state index in [9.17, 15) is 0 Å². The summed E-state index contributed by atoms with van der Waals surface area (Å²) < 4.78 is 0. The molecule has 0 fully saturated rings. The number of nitrogen functional groups attached to an aromatic ring is 1. The zero-order chi connectivity index (χ0) is 9.42. The quantitative estimate of drug-likeness (QED) is 0.439. The maximum atomic E-state index is 8.95. The molecule has 0 aliphatic carbocycles. The second-order valence-corrected chi connectivity index (χ2v) is 2.87. The molecule has 66 valence electrons. The first-order chi connectivity index (χ1) is 6.20. The first-order valence-electron chi connectivity index (χ1n) is 3.92. The zero-order valence-electron chi connectivity index (χ0n) is 6.86. The van der Waals surface area contributed by atoms with Crippen molar-refractivity contribution < 1.29 is 10.0 Å². The van der Waals surface area contributed by atoms with E-state index in [1.165, 1.54) is 0 Å². The summed E-state index contributed by atoms with van der Waals surface area (Å²) in [6.07, 6.45) is 0. The van der Waals surface area contributed by atoms with Gasteiger partial charge in [0.15, 0.2) is 0 Å². The summed E-state index contributed by atoms with van der Waals surface area (Å²) in [5, 5.41) is 18.7. The van der Waals surface area contributed by atoms with Gasteiger partial charge in [-0.1, -0.05) is 18.2 Å². The van der Waals surface area contributed by atoms with Gasteiger partial charge in [-0.3, -0.25) is 0 Å². The van der Waals surface area contributed by atoms with Crippen LogP contribution in [0.3, 0.4) is 0 Å². The molecule has 1 heterocycles. The number of nitrogens with one attached hydrogen (secondary N) is 1. The molecule has 5 N–H and O–H groups in total. The van der Waals surface area contributed by atoms with Gasteiger partial charge in [-0.25, -0.2) is 0 Å². The summed E-state index contributed by atoms with van der Waals surface area (Å²) in [5.41, 5.74) is 7.14. The Bertz CT molecular complexity index is 439. The van der Waals surface area contributed by atoms with Crippen LogP contribution >= 0.6 is 0 Å². The maximum Gasteiger partial charge on any atom is 0.507 e. The fourth-order valence-corrected chi connectivity index (χ4v) is 1.39. The molecular weight excluding hydrogens is 167 g/mol. The van der Waals surface area contributed by atoms with Crippen LogP contribution in [0.5, 0.6) is 0 Å². The molecule has 4 nitrogen and oxygen atoms in total. The summed E-state index contributed by atoms with van der Waals surface area (Å²) in [6, 6.07) is 7.36. The number of para-hydroxylation sites is 1. The monoisotopic (exact) mass is 176 g/mol. The van der Waals surface area contributed by atoms with Crippen molar-refractivity contribution in [2.24, 2.45) is 0 Å². The van der Waals surface area contributed by atoms with E-state index in [2.05, 4.69) is 4.98 Å². The molecule has 0 amide bonds. The predicted octanol–water partition coefficient (Wildman–Crippen LogP) is -0.570. The van der Waals surface area contributed by atoms with Crippen molar-refractivity contribution in [3.05, 3.63) is 24.3 Å². The molecule has 0 saturated carbocycles. The number of hydrogen-bond acceptors (Lipinski definition) is 3. The molecule has 2 rings (SSSR count). The Morgan fingerprint density at radius 3 is 2.54 bits per heavy atom. The molecule has 0 atom stereocenters. The number of benzene rings is 1. The van der Waals surface area contributed by atoms with Gasteiger partial charge < -0.3 is 20.8 Å². The van der Waals surface area contributed by atoms with Crippen molar-refractivity contribution in [3.63, 3.8) is 0 Å². The standard InChI is InChI=1S/C8H9BN2O2/c10-7-5-3-1-2-4-6(5)11-8(7)9(12)13/h1-4,11-13H,10H2. The molecule has 5 heteroatoms. The largest absolute Gasteiger partial charge is 0.507 e. The van der Waals surface area contributed by atoms with Crippen LogP contribution in [0.4, 0.5) is 5.69 Å². The van der Waals surface area contributed by atoms with Gasteiger partial charge in [-0.2, -0.15) is 0 Å². The van der Waals surface area contributed by atoms with Gasteiger partial charge in [0, 0.05) is 10.9 Å². The second kappa shape index (κ2) is 2.79. The van der Waals surface area contributed by atoms with Gasteiger partial charge >= 0.3 is 7.12 Å². The molecule has 0 radical (unpaired) electrons. The highest BCUT2D eigenvalue weighted by atomic mass is 16.4. The molecular formula is C8H9BN2O2. The van der Waals surface area contributed by atoms with Crippen molar-refractivity contribution in [2.75, 3.05) is 5.73 Å². The highest BCUT2D eigenvalue weighted by Gasteiger charge is 2.18. The predicted molar refractivity (Wildman–Crippen MR) is 52.5 cm³/mol. The fourth-order valence-electron chi connectivity index (χ4n) is 1.39. The lowest BCUT2D eigenvalue weighted by Gasteiger charge is -1.95. The molecule has 0 saturated heterocycles. The first-order valence-corrected chi connectivity index (χ1v) is 3.92.